The van der Waals surface area contributed by atoms with E-state index in [1.807, 2.05) is 6.07 Å². The minimum atomic E-state index is -5.09. The molecule has 4 aromatic rings. The second-order valence-corrected chi connectivity index (χ2v) is 11.4. The number of aryl methyl sites for hydroxylation is 2. The summed E-state index contributed by atoms with van der Waals surface area (Å²) < 4.78 is 110. The van der Waals surface area contributed by atoms with Gasteiger partial charge in [0, 0.05) is 12.1 Å². The molecule has 4 heterocycles. The van der Waals surface area contributed by atoms with Gasteiger partial charge in [-0.15, -0.1) is 0 Å². The van der Waals surface area contributed by atoms with Crippen LogP contribution in [0.2, 0.25) is 0 Å². The first-order valence-corrected chi connectivity index (χ1v) is 14.9. The van der Waals surface area contributed by atoms with Crippen LogP contribution in [-0.2, 0) is 12.4 Å². The third-order valence-corrected chi connectivity index (χ3v) is 7.90. The molecule has 3 aliphatic rings. The van der Waals surface area contributed by atoms with Crippen molar-refractivity contribution in [2.75, 3.05) is 0 Å². The molecule has 3 aliphatic heterocycles. The summed E-state index contributed by atoms with van der Waals surface area (Å²) in [7, 11) is 0. The van der Waals surface area contributed by atoms with Crippen molar-refractivity contribution in [2.45, 2.75) is 26.2 Å². The summed E-state index contributed by atoms with van der Waals surface area (Å²) in [4.78, 5) is 40.4. The average Bonchev–Trinajstić information content (AvgIpc) is 3.80. The van der Waals surface area contributed by atoms with Gasteiger partial charge in [0.2, 0.25) is 0 Å². The van der Waals surface area contributed by atoms with Gasteiger partial charge in [-0.3, -0.25) is 0 Å². The highest BCUT2D eigenvalue weighted by Crippen LogP contribution is 2.32. The SMILES string of the molecule is [C-]#[N+]/C(=C1\N=c2cc(F)c(C(F)(F)F)cc2=N1)c1nc(/C(C#N)=C2/N=c3cc(C)c(C(F)(F)F)cc3=N2)nc(/C(C#N)=C2\N=c3cc(C)c(F)cc3=N2)n1. The minimum Gasteiger partial charge on any atom is -0.238 e. The lowest BCUT2D eigenvalue weighted by Gasteiger charge is -2.08. The van der Waals surface area contributed by atoms with E-state index in [2.05, 4.69) is 49.8 Å². The molecule has 0 fully saturated rings. The van der Waals surface area contributed by atoms with Crippen molar-refractivity contribution in [3.05, 3.63) is 149 Å². The molecule has 0 amide bonds. The molecule has 264 valence electrons. The van der Waals surface area contributed by atoms with Crippen molar-refractivity contribution in [1.82, 2.24) is 15.0 Å². The molecule has 0 atom stereocenters. The smallest absolute Gasteiger partial charge is 0.238 e. The Morgan fingerprint density at radius 1 is 0.556 bits per heavy atom. The summed E-state index contributed by atoms with van der Waals surface area (Å²) in [5.41, 5.74) is -4.34. The highest BCUT2D eigenvalue weighted by atomic mass is 19.4. The fourth-order valence-electron chi connectivity index (χ4n) is 5.34. The van der Waals surface area contributed by atoms with Gasteiger partial charge in [0.1, 0.15) is 34.9 Å². The van der Waals surface area contributed by atoms with Crippen LogP contribution in [0.15, 0.2) is 83.8 Å². The van der Waals surface area contributed by atoms with Crippen molar-refractivity contribution in [3.8, 4) is 12.1 Å². The van der Waals surface area contributed by atoms with Gasteiger partial charge < -0.3 is 0 Å². The van der Waals surface area contributed by atoms with Crippen LogP contribution in [0.4, 0.5) is 35.1 Å². The maximum Gasteiger partial charge on any atom is 0.419 e. The largest absolute Gasteiger partial charge is 0.419 e. The molecule has 0 saturated carbocycles. The van der Waals surface area contributed by atoms with E-state index < -0.39 is 86.4 Å². The molecule has 0 bridgehead atoms. The number of alkyl halides is 6. The quantitative estimate of drug-likeness (QED) is 0.178. The third-order valence-electron chi connectivity index (χ3n) is 7.90. The molecule has 0 unspecified atom stereocenters. The Morgan fingerprint density at radius 2 is 0.944 bits per heavy atom. The van der Waals surface area contributed by atoms with Crippen LogP contribution in [0.1, 0.15) is 39.7 Å². The Labute approximate surface area is 294 Å². The lowest BCUT2D eigenvalue weighted by molar-refractivity contribution is -0.140. The van der Waals surface area contributed by atoms with E-state index in [1.165, 1.54) is 19.9 Å². The van der Waals surface area contributed by atoms with E-state index in [4.69, 9.17) is 6.57 Å². The first-order valence-electron chi connectivity index (χ1n) is 14.9. The van der Waals surface area contributed by atoms with Gasteiger partial charge >= 0.3 is 12.4 Å². The molecule has 0 N–H and O–H groups in total. The standard InChI is InChI=1S/C34H12F8N12/c1-12-4-20-22(6-16(12)33(37,38)39)48-27(46-20)14(10-43)29-52-30(15(11-44)28-47-21-5-13(2)18(35)8-24(21)49-28)54-32(53-29)26(45-3)31-50-23-7-17(34(40,41)42)19(36)9-25(23)51-31/h4-9H,1-2H3/b27-14-,28-15+,31-26-. The van der Waals surface area contributed by atoms with Crippen molar-refractivity contribution in [3.63, 3.8) is 0 Å². The monoisotopic (exact) mass is 740 g/mol. The van der Waals surface area contributed by atoms with E-state index in [0.29, 0.717) is 12.1 Å². The van der Waals surface area contributed by atoms with Crippen molar-refractivity contribution < 1.29 is 35.1 Å². The van der Waals surface area contributed by atoms with E-state index >= 15 is 0 Å². The Kier molecular flexibility index (Phi) is 8.03. The summed E-state index contributed by atoms with van der Waals surface area (Å²) in [5.74, 6) is -5.48. The zero-order valence-electron chi connectivity index (χ0n) is 26.9. The number of halogens is 8. The molecular formula is C34H12F8N12. The zero-order chi connectivity index (χ0) is 38.9. The van der Waals surface area contributed by atoms with Crippen molar-refractivity contribution in [1.29, 1.82) is 10.5 Å². The second-order valence-electron chi connectivity index (χ2n) is 11.4. The fraction of sp³-hybridized carbons (Fsp3) is 0.118. The van der Waals surface area contributed by atoms with Crippen LogP contribution in [-0.4, -0.2) is 15.0 Å². The number of hydrogen-bond acceptors (Lipinski definition) is 11. The number of hydrogen-bond donors (Lipinski definition) is 0. The maximum absolute atomic E-state index is 14.4. The lowest BCUT2D eigenvalue weighted by atomic mass is 10.1. The molecule has 0 radical (unpaired) electrons. The number of allylic oxidation sites excluding steroid dienone is 2. The van der Waals surface area contributed by atoms with Crippen LogP contribution in [0.25, 0.3) is 21.7 Å². The first-order chi connectivity index (χ1) is 25.5. The molecule has 0 spiro atoms. The number of benzene rings is 3. The predicted octanol–water partition coefficient (Wildman–Crippen LogP) is 3.59. The summed E-state index contributed by atoms with van der Waals surface area (Å²) in [6.45, 7) is 10.5. The Morgan fingerprint density at radius 3 is 1.41 bits per heavy atom. The second kappa shape index (κ2) is 12.4. The Bertz CT molecular complexity index is 2860. The zero-order valence-corrected chi connectivity index (χ0v) is 26.9. The topological polar surface area (TPSA) is 165 Å². The molecule has 3 aromatic carbocycles. The van der Waals surface area contributed by atoms with Crippen LogP contribution in [0.5, 0.6) is 0 Å². The summed E-state index contributed by atoms with van der Waals surface area (Å²) in [6, 6.07) is 8.72. The summed E-state index contributed by atoms with van der Waals surface area (Å²) >= 11 is 0. The van der Waals surface area contributed by atoms with E-state index in [9.17, 15) is 45.6 Å². The number of aromatic nitrogens is 3. The molecule has 0 aliphatic carbocycles. The van der Waals surface area contributed by atoms with Crippen LogP contribution < -0.4 is 32.1 Å². The summed E-state index contributed by atoms with van der Waals surface area (Å²) in [6.07, 6.45) is -9.83. The van der Waals surface area contributed by atoms with Gasteiger partial charge in [-0.05, 0) is 49.2 Å². The summed E-state index contributed by atoms with van der Waals surface area (Å²) in [5, 5.41) is 19.6. The Hall–Kier alpha value is -7.40. The highest BCUT2D eigenvalue weighted by Gasteiger charge is 2.35. The average molecular weight is 741 g/mol. The molecule has 54 heavy (non-hydrogen) atoms. The number of nitriles is 2. The predicted molar refractivity (Wildman–Crippen MR) is 164 cm³/mol. The molecule has 7 rings (SSSR count). The van der Waals surface area contributed by atoms with E-state index in [1.54, 1.807) is 6.07 Å². The lowest BCUT2D eigenvalue weighted by Crippen LogP contribution is -2.26. The maximum atomic E-state index is 14.4. The van der Waals surface area contributed by atoms with Crippen molar-refractivity contribution in [2.24, 2.45) is 30.0 Å². The molecule has 12 nitrogen and oxygen atoms in total. The molecule has 20 heteroatoms. The van der Waals surface area contributed by atoms with Crippen LogP contribution >= 0.6 is 0 Å². The van der Waals surface area contributed by atoms with Gasteiger partial charge in [-0.25, -0.2) is 58.5 Å². The van der Waals surface area contributed by atoms with Gasteiger partial charge in [-0.1, -0.05) is 0 Å². The Balaban J connectivity index is 1.49. The van der Waals surface area contributed by atoms with E-state index in [-0.39, 0.29) is 43.7 Å². The molecular weight excluding hydrogens is 728 g/mol. The highest BCUT2D eigenvalue weighted by molar-refractivity contribution is 5.80. The van der Waals surface area contributed by atoms with Gasteiger partial charge in [0.15, 0.2) is 34.9 Å². The number of fused-ring (bicyclic) bond motifs is 3. The van der Waals surface area contributed by atoms with Crippen molar-refractivity contribution >= 4 is 16.8 Å². The van der Waals surface area contributed by atoms with Crippen LogP contribution in [0.3, 0.4) is 0 Å². The number of rotatable bonds is 3. The molecule has 1 aromatic heterocycles. The third kappa shape index (κ3) is 6.03. The number of nitrogens with zero attached hydrogens (tertiary/aromatic N) is 12. The van der Waals surface area contributed by atoms with Gasteiger partial charge in [0.25, 0.3) is 5.70 Å². The minimum absolute atomic E-state index is 0.0304. The van der Waals surface area contributed by atoms with Gasteiger partial charge in [-0.2, -0.15) is 36.9 Å². The molecule has 0 saturated heterocycles. The fourth-order valence-corrected chi connectivity index (χ4v) is 5.34. The van der Waals surface area contributed by atoms with E-state index in [0.717, 1.165) is 18.2 Å². The normalized spacial score (nSPS) is 16.7. The van der Waals surface area contributed by atoms with Crippen LogP contribution in [0, 0.1) is 54.7 Å². The van der Waals surface area contributed by atoms with Gasteiger partial charge in [0.05, 0.1) is 49.8 Å². The first kappa shape index (κ1) is 35.0.